The Kier molecular flexibility index (Phi) is 3.65. The standard InChI is InChI=1S/C11H13ClN6S/c1-7-9(12)13-6-14-10(7)19-11-15-16-17-18(11)8-4-2-3-5-8/h6,8H,2-5H2,1H3. The van der Waals surface area contributed by atoms with Crippen LogP contribution >= 0.6 is 23.4 Å². The van der Waals surface area contributed by atoms with Gasteiger partial charge in [-0.25, -0.2) is 14.6 Å². The van der Waals surface area contributed by atoms with Crippen LogP contribution in [-0.4, -0.2) is 30.2 Å². The molecule has 3 rings (SSSR count). The van der Waals surface area contributed by atoms with Gasteiger partial charge in [0.05, 0.1) is 6.04 Å². The molecule has 0 radical (unpaired) electrons. The van der Waals surface area contributed by atoms with Gasteiger partial charge in [-0.1, -0.05) is 24.4 Å². The van der Waals surface area contributed by atoms with E-state index in [1.165, 1.54) is 30.9 Å². The molecule has 6 nitrogen and oxygen atoms in total. The van der Waals surface area contributed by atoms with Crippen molar-refractivity contribution in [3.8, 4) is 0 Å². The van der Waals surface area contributed by atoms with Crippen molar-refractivity contribution >= 4 is 23.4 Å². The van der Waals surface area contributed by atoms with Crippen LogP contribution in [0.5, 0.6) is 0 Å². The zero-order valence-corrected chi connectivity index (χ0v) is 12.0. The molecule has 0 aliphatic heterocycles. The van der Waals surface area contributed by atoms with E-state index in [0.717, 1.165) is 28.6 Å². The summed E-state index contributed by atoms with van der Waals surface area (Å²) >= 11 is 7.44. The lowest BCUT2D eigenvalue weighted by molar-refractivity contribution is 0.423. The number of nitrogens with zero attached hydrogens (tertiary/aromatic N) is 6. The van der Waals surface area contributed by atoms with Crippen LogP contribution in [0.1, 0.15) is 37.3 Å². The molecule has 0 bridgehead atoms. The summed E-state index contributed by atoms with van der Waals surface area (Å²) < 4.78 is 1.91. The Hall–Kier alpha value is -1.21. The van der Waals surface area contributed by atoms with Gasteiger partial charge in [-0.15, -0.1) is 5.10 Å². The Balaban J connectivity index is 1.87. The number of aromatic nitrogens is 6. The minimum Gasteiger partial charge on any atom is -0.229 e. The highest BCUT2D eigenvalue weighted by molar-refractivity contribution is 7.99. The molecule has 8 heteroatoms. The van der Waals surface area contributed by atoms with Gasteiger partial charge < -0.3 is 0 Å². The molecule has 2 heterocycles. The van der Waals surface area contributed by atoms with E-state index in [4.69, 9.17) is 11.6 Å². The average Bonchev–Trinajstić information content (AvgIpc) is 3.05. The third kappa shape index (κ3) is 2.57. The van der Waals surface area contributed by atoms with Gasteiger partial charge in [0.2, 0.25) is 5.16 Å². The topological polar surface area (TPSA) is 69.4 Å². The van der Waals surface area contributed by atoms with Crippen LogP contribution in [0.4, 0.5) is 0 Å². The summed E-state index contributed by atoms with van der Waals surface area (Å²) in [6.45, 7) is 1.90. The molecular formula is C11H13ClN6S. The predicted molar refractivity (Wildman–Crippen MR) is 71.2 cm³/mol. The second kappa shape index (κ2) is 5.42. The van der Waals surface area contributed by atoms with E-state index in [1.54, 1.807) is 0 Å². The molecule has 19 heavy (non-hydrogen) atoms. The van der Waals surface area contributed by atoms with E-state index < -0.39 is 0 Å². The lowest BCUT2D eigenvalue weighted by Gasteiger charge is -2.11. The summed E-state index contributed by atoms with van der Waals surface area (Å²) in [7, 11) is 0. The third-order valence-electron chi connectivity index (χ3n) is 3.30. The first-order chi connectivity index (χ1) is 9.25. The number of rotatable bonds is 3. The molecule has 0 amide bonds. The van der Waals surface area contributed by atoms with Crippen molar-refractivity contribution in [2.45, 2.75) is 48.8 Å². The lowest BCUT2D eigenvalue weighted by atomic mass is 10.3. The Morgan fingerprint density at radius 1 is 1.32 bits per heavy atom. The third-order valence-corrected chi connectivity index (χ3v) is 4.73. The van der Waals surface area contributed by atoms with Crippen molar-refractivity contribution in [2.75, 3.05) is 0 Å². The maximum Gasteiger partial charge on any atom is 0.215 e. The van der Waals surface area contributed by atoms with Crippen LogP contribution in [-0.2, 0) is 0 Å². The number of tetrazole rings is 1. The average molecular weight is 297 g/mol. The van der Waals surface area contributed by atoms with Gasteiger partial charge in [0.15, 0.2) is 0 Å². The van der Waals surface area contributed by atoms with Crippen molar-refractivity contribution in [1.82, 2.24) is 30.2 Å². The summed E-state index contributed by atoms with van der Waals surface area (Å²) in [5.41, 5.74) is 0.857. The van der Waals surface area contributed by atoms with Gasteiger partial charge in [-0.2, -0.15) is 0 Å². The molecule has 1 aliphatic rings. The Morgan fingerprint density at radius 3 is 2.89 bits per heavy atom. The highest BCUT2D eigenvalue weighted by Gasteiger charge is 2.22. The zero-order valence-electron chi connectivity index (χ0n) is 10.5. The van der Waals surface area contributed by atoms with Crippen LogP contribution < -0.4 is 0 Å². The fourth-order valence-corrected chi connectivity index (χ4v) is 3.30. The van der Waals surface area contributed by atoms with Crippen molar-refractivity contribution in [2.24, 2.45) is 0 Å². The van der Waals surface area contributed by atoms with E-state index in [2.05, 4.69) is 25.5 Å². The molecule has 0 N–H and O–H groups in total. The van der Waals surface area contributed by atoms with Crippen LogP contribution in [0.2, 0.25) is 5.15 Å². The molecular weight excluding hydrogens is 284 g/mol. The summed E-state index contributed by atoms with van der Waals surface area (Å²) in [6, 6.07) is 0.412. The maximum atomic E-state index is 6.00. The summed E-state index contributed by atoms with van der Waals surface area (Å²) in [6.07, 6.45) is 6.23. The fourth-order valence-electron chi connectivity index (χ4n) is 2.23. The van der Waals surface area contributed by atoms with E-state index in [0.29, 0.717) is 11.2 Å². The summed E-state index contributed by atoms with van der Waals surface area (Å²) in [5, 5.41) is 14.0. The molecule has 0 spiro atoms. The van der Waals surface area contributed by atoms with Gasteiger partial charge in [-0.05, 0) is 42.0 Å². The van der Waals surface area contributed by atoms with Crippen molar-refractivity contribution < 1.29 is 0 Å². The molecule has 0 unspecified atom stereocenters. The van der Waals surface area contributed by atoms with Crippen LogP contribution in [0.3, 0.4) is 0 Å². The smallest absolute Gasteiger partial charge is 0.215 e. The van der Waals surface area contributed by atoms with Crippen molar-refractivity contribution in [3.05, 3.63) is 17.0 Å². The summed E-state index contributed by atoms with van der Waals surface area (Å²) in [4.78, 5) is 8.19. The van der Waals surface area contributed by atoms with E-state index in [9.17, 15) is 0 Å². The first-order valence-electron chi connectivity index (χ1n) is 6.18. The van der Waals surface area contributed by atoms with Crippen molar-refractivity contribution in [1.29, 1.82) is 0 Å². The molecule has 100 valence electrons. The predicted octanol–water partition coefficient (Wildman–Crippen LogP) is 2.69. The van der Waals surface area contributed by atoms with Gasteiger partial charge >= 0.3 is 0 Å². The molecule has 1 saturated carbocycles. The molecule has 0 saturated heterocycles. The molecule has 0 aromatic carbocycles. The minimum atomic E-state index is 0.412. The van der Waals surface area contributed by atoms with Gasteiger partial charge in [-0.3, -0.25) is 0 Å². The number of hydrogen-bond donors (Lipinski definition) is 0. The van der Waals surface area contributed by atoms with Crippen LogP contribution in [0, 0.1) is 6.92 Å². The fraction of sp³-hybridized carbons (Fsp3) is 0.545. The van der Waals surface area contributed by atoms with Crippen molar-refractivity contribution in [3.63, 3.8) is 0 Å². The maximum absolute atomic E-state index is 6.00. The number of halogens is 1. The second-order valence-corrected chi connectivity index (χ2v) is 5.85. The highest BCUT2D eigenvalue weighted by Crippen LogP contribution is 2.34. The summed E-state index contributed by atoms with van der Waals surface area (Å²) in [5.74, 6) is 0. The monoisotopic (exact) mass is 296 g/mol. The van der Waals surface area contributed by atoms with E-state index >= 15 is 0 Å². The van der Waals surface area contributed by atoms with E-state index in [1.807, 2.05) is 11.6 Å². The molecule has 0 atom stereocenters. The van der Waals surface area contributed by atoms with E-state index in [-0.39, 0.29) is 0 Å². The highest BCUT2D eigenvalue weighted by atomic mass is 35.5. The quantitative estimate of drug-likeness (QED) is 0.811. The van der Waals surface area contributed by atoms with Crippen LogP contribution in [0.15, 0.2) is 16.5 Å². The molecule has 2 aromatic rings. The Labute approximate surface area is 120 Å². The minimum absolute atomic E-state index is 0.412. The molecule has 2 aromatic heterocycles. The molecule has 1 aliphatic carbocycles. The lowest BCUT2D eigenvalue weighted by Crippen LogP contribution is -2.08. The first-order valence-corrected chi connectivity index (χ1v) is 7.38. The SMILES string of the molecule is Cc1c(Cl)ncnc1Sc1nnnn1C1CCCC1. The van der Waals surface area contributed by atoms with Gasteiger partial charge in [0, 0.05) is 5.56 Å². The first kappa shape index (κ1) is 12.8. The van der Waals surface area contributed by atoms with Gasteiger partial charge in [0.1, 0.15) is 16.5 Å². The zero-order chi connectivity index (χ0) is 13.2. The largest absolute Gasteiger partial charge is 0.229 e. The van der Waals surface area contributed by atoms with Gasteiger partial charge in [0.25, 0.3) is 0 Å². The number of hydrogen-bond acceptors (Lipinski definition) is 6. The second-order valence-electron chi connectivity index (χ2n) is 4.54. The Morgan fingerprint density at radius 2 is 2.11 bits per heavy atom. The van der Waals surface area contributed by atoms with Crippen LogP contribution in [0.25, 0.3) is 0 Å². The molecule has 1 fully saturated rings. The normalized spacial score (nSPS) is 16.1. The Bertz CT molecular complexity index is 580.